The van der Waals surface area contributed by atoms with Crippen molar-refractivity contribution in [3.8, 4) is 0 Å². The summed E-state index contributed by atoms with van der Waals surface area (Å²) in [6.45, 7) is 5.08. The van der Waals surface area contributed by atoms with E-state index in [9.17, 15) is 4.79 Å². The second-order valence-electron chi connectivity index (χ2n) is 4.60. The lowest BCUT2D eigenvalue weighted by Gasteiger charge is -2.07. The van der Waals surface area contributed by atoms with E-state index in [0.29, 0.717) is 17.3 Å². The number of aromatic nitrogens is 3. The molecule has 6 nitrogen and oxygen atoms in total. The molecule has 0 saturated heterocycles. The third-order valence-corrected chi connectivity index (χ3v) is 2.39. The number of aliphatic carboxylic acids is 1. The van der Waals surface area contributed by atoms with E-state index in [1.807, 2.05) is 12.1 Å². The number of anilines is 1. The summed E-state index contributed by atoms with van der Waals surface area (Å²) in [6, 6.07) is 3.66. The average molecular weight is 248 g/mol. The molecule has 0 aromatic carbocycles. The molecule has 0 amide bonds. The Labute approximate surface area is 105 Å². The van der Waals surface area contributed by atoms with Crippen molar-refractivity contribution in [3.63, 3.8) is 0 Å². The van der Waals surface area contributed by atoms with Crippen molar-refractivity contribution in [1.82, 2.24) is 14.6 Å². The van der Waals surface area contributed by atoms with Gasteiger partial charge in [-0.1, -0.05) is 13.8 Å². The van der Waals surface area contributed by atoms with Crippen molar-refractivity contribution in [2.45, 2.75) is 20.3 Å². The summed E-state index contributed by atoms with van der Waals surface area (Å²) in [6.07, 6.45) is 1.56. The van der Waals surface area contributed by atoms with Crippen molar-refractivity contribution in [3.05, 3.63) is 24.0 Å². The molecular formula is C12H16N4O2. The van der Waals surface area contributed by atoms with Gasteiger partial charge in [-0.3, -0.25) is 4.79 Å². The van der Waals surface area contributed by atoms with Gasteiger partial charge in [0.05, 0.1) is 18.3 Å². The minimum absolute atomic E-state index is 0.0852. The van der Waals surface area contributed by atoms with Crippen LogP contribution in [-0.2, 0) is 11.2 Å². The lowest BCUT2D eigenvalue weighted by Crippen LogP contribution is -2.10. The first-order chi connectivity index (χ1) is 8.54. The molecule has 0 radical (unpaired) electrons. The van der Waals surface area contributed by atoms with Crippen LogP contribution in [0.5, 0.6) is 0 Å². The van der Waals surface area contributed by atoms with Gasteiger partial charge in [0.15, 0.2) is 5.65 Å². The number of hydrogen-bond donors (Lipinski definition) is 2. The minimum atomic E-state index is -0.892. The van der Waals surface area contributed by atoms with Gasteiger partial charge in [0.1, 0.15) is 5.82 Å². The molecule has 0 bridgehead atoms. The van der Waals surface area contributed by atoms with E-state index < -0.39 is 5.97 Å². The highest BCUT2D eigenvalue weighted by Crippen LogP contribution is 2.09. The number of carbonyl (C=O) groups is 1. The molecular weight excluding hydrogens is 232 g/mol. The largest absolute Gasteiger partial charge is 0.481 e. The maximum Gasteiger partial charge on any atom is 0.309 e. The number of nitrogens with zero attached hydrogens (tertiary/aromatic N) is 3. The topological polar surface area (TPSA) is 79.5 Å². The molecule has 6 heteroatoms. The molecule has 0 aliphatic rings. The molecule has 2 heterocycles. The Hall–Kier alpha value is -2.11. The van der Waals surface area contributed by atoms with Crippen LogP contribution in [-0.4, -0.2) is 32.2 Å². The Morgan fingerprint density at radius 1 is 1.50 bits per heavy atom. The van der Waals surface area contributed by atoms with Crippen LogP contribution >= 0.6 is 0 Å². The molecule has 0 saturated carbocycles. The Morgan fingerprint density at radius 3 is 2.94 bits per heavy atom. The van der Waals surface area contributed by atoms with Crippen LogP contribution in [0, 0.1) is 5.92 Å². The monoisotopic (exact) mass is 248 g/mol. The second kappa shape index (κ2) is 5.03. The zero-order valence-corrected chi connectivity index (χ0v) is 10.4. The highest BCUT2D eigenvalue weighted by molar-refractivity contribution is 5.69. The SMILES string of the molecule is CC(C)CNc1ccc2nc(CC(=O)O)cn2n1. The van der Waals surface area contributed by atoms with E-state index in [-0.39, 0.29) is 6.42 Å². The molecule has 0 fully saturated rings. The fraction of sp³-hybridized carbons (Fsp3) is 0.417. The van der Waals surface area contributed by atoms with Crippen molar-refractivity contribution < 1.29 is 9.90 Å². The first-order valence-corrected chi connectivity index (χ1v) is 5.85. The van der Waals surface area contributed by atoms with Crippen molar-refractivity contribution in [1.29, 1.82) is 0 Å². The smallest absolute Gasteiger partial charge is 0.309 e. The number of fused-ring (bicyclic) bond motifs is 1. The van der Waals surface area contributed by atoms with Gasteiger partial charge in [-0.05, 0) is 18.1 Å². The maximum atomic E-state index is 10.6. The summed E-state index contributed by atoms with van der Waals surface area (Å²) < 4.78 is 1.60. The van der Waals surface area contributed by atoms with Gasteiger partial charge < -0.3 is 10.4 Å². The molecule has 0 unspecified atom stereocenters. The first-order valence-electron chi connectivity index (χ1n) is 5.85. The third kappa shape index (κ3) is 2.97. The summed E-state index contributed by atoms with van der Waals surface area (Å²) in [5.41, 5.74) is 1.16. The number of carboxylic acids is 1. The Bertz CT molecular complexity index is 562. The van der Waals surface area contributed by atoms with Gasteiger partial charge in [-0.2, -0.15) is 0 Å². The Morgan fingerprint density at radius 2 is 2.28 bits per heavy atom. The van der Waals surface area contributed by atoms with Crippen LogP contribution in [0.25, 0.3) is 5.65 Å². The number of carboxylic acid groups (broad SMARTS) is 1. The van der Waals surface area contributed by atoms with Gasteiger partial charge in [0.2, 0.25) is 0 Å². The van der Waals surface area contributed by atoms with Crippen LogP contribution < -0.4 is 5.32 Å². The quantitative estimate of drug-likeness (QED) is 0.836. The fourth-order valence-corrected chi connectivity index (χ4v) is 1.57. The summed E-state index contributed by atoms with van der Waals surface area (Å²) in [5.74, 6) is 0.403. The summed E-state index contributed by atoms with van der Waals surface area (Å²) in [4.78, 5) is 14.8. The Kier molecular flexibility index (Phi) is 3.45. The van der Waals surface area contributed by atoms with E-state index >= 15 is 0 Å². The van der Waals surface area contributed by atoms with Crippen molar-refractivity contribution >= 4 is 17.4 Å². The van der Waals surface area contributed by atoms with Crippen LogP contribution in [0.3, 0.4) is 0 Å². The average Bonchev–Trinajstić information content (AvgIpc) is 2.66. The molecule has 0 spiro atoms. The maximum absolute atomic E-state index is 10.6. The van der Waals surface area contributed by atoms with Crippen molar-refractivity contribution in [2.75, 3.05) is 11.9 Å². The van der Waals surface area contributed by atoms with Gasteiger partial charge in [0.25, 0.3) is 0 Å². The fourth-order valence-electron chi connectivity index (χ4n) is 1.57. The van der Waals surface area contributed by atoms with Crippen LogP contribution in [0.15, 0.2) is 18.3 Å². The number of imidazole rings is 1. The highest BCUT2D eigenvalue weighted by Gasteiger charge is 2.07. The number of nitrogens with one attached hydrogen (secondary N) is 1. The van der Waals surface area contributed by atoms with E-state index in [2.05, 4.69) is 29.2 Å². The van der Waals surface area contributed by atoms with Crippen LogP contribution in [0.4, 0.5) is 5.82 Å². The lowest BCUT2D eigenvalue weighted by molar-refractivity contribution is -0.136. The molecule has 0 aliphatic carbocycles. The van der Waals surface area contributed by atoms with E-state index in [1.54, 1.807) is 10.7 Å². The molecule has 18 heavy (non-hydrogen) atoms. The molecule has 96 valence electrons. The zero-order chi connectivity index (χ0) is 13.1. The lowest BCUT2D eigenvalue weighted by atomic mass is 10.2. The Balaban J connectivity index is 2.19. The van der Waals surface area contributed by atoms with E-state index in [0.717, 1.165) is 12.4 Å². The molecule has 2 N–H and O–H groups in total. The normalized spacial score (nSPS) is 11.1. The van der Waals surface area contributed by atoms with E-state index in [1.165, 1.54) is 0 Å². The number of rotatable bonds is 5. The zero-order valence-electron chi connectivity index (χ0n) is 10.4. The van der Waals surface area contributed by atoms with Crippen molar-refractivity contribution in [2.24, 2.45) is 5.92 Å². The molecule has 2 aromatic rings. The van der Waals surface area contributed by atoms with Crippen LogP contribution in [0.2, 0.25) is 0 Å². The third-order valence-electron chi connectivity index (χ3n) is 2.39. The predicted octanol–water partition coefficient (Wildman–Crippen LogP) is 1.42. The number of hydrogen-bond acceptors (Lipinski definition) is 4. The van der Waals surface area contributed by atoms with Gasteiger partial charge >= 0.3 is 5.97 Å². The molecule has 0 atom stereocenters. The van der Waals surface area contributed by atoms with Crippen LogP contribution in [0.1, 0.15) is 19.5 Å². The van der Waals surface area contributed by atoms with E-state index in [4.69, 9.17) is 5.11 Å². The summed E-state index contributed by atoms with van der Waals surface area (Å²) >= 11 is 0. The van der Waals surface area contributed by atoms with Gasteiger partial charge in [-0.25, -0.2) is 9.50 Å². The standard InChI is InChI=1S/C12H16N4O2/c1-8(2)6-13-10-3-4-11-14-9(5-12(17)18)7-16(11)15-10/h3-4,7-8H,5-6H2,1-2H3,(H,13,15)(H,17,18). The second-order valence-corrected chi connectivity index (χ2v) is 4.60. The minimum Gasteiger partial charge on any atom is -0.481 e. The first kappa shape index (κ1) is 12.3. The summed E-state index contributed by atoms with van der Waals surface area (Å²) in [5, 5.41) is 16.2. The molecule has 2 rings (SSSR count). The van der Waals surface area contributed by atoms with Gasteiger partial charge in [-0.15, -0.1) is 5.10 Å². The highest BCUT2D eigenvalue weighted by atomic mass is 16.4. The predicted molar refractivity (Wildman–Crippen MR) is 67.7 cm³/mol. The molecule has 2 aromatic heterocycles. The van der Waals surface area contributed by atoms with Gasteiger partial charge in [0, 0.05) is 6.54 Å². The molecule has 0 aliphatic heterocycles. The summed E-state index contributed by atoms with van der Waals surface area (Å²) in [7, 11) is 0.